The molecular weight excluding hydrogens is 441 g/mol. The lowest BCUT2D eigenvalue weighted by atomic mass is 10.2. The number of benzene rings is 3. The van der Waals surface area contributed by atoms with E-state index in [1.807, 2.05) is 43.3 Å². The molecule has 1 amide bonds. The summed E-state index contributed by atoms with van der Waals surface area (Å²) in [7, 11) is 0. The van der Waals surface area contributed by atoms with E-state index < -0.39 is 0 Å². The van der Waals surface area contributed by atoms with Crippen molar-refractivity contribution in [2.45, 2.75) is 18.7 Å². The van der Waals surface area contributed by atoms with E-state index in [0.717, 1.165) is 33.4 Å². The summed E-state index contributed by atoms with van der Waals surface area (Å²) < 4.78 is 13.6. The first-order valence-corrected chi connectivity index (χ1v) is 11.9. The normalized spacial score (nSPS) is 19.2. The minimum Gasteiger partial charge on any atom is -0.334 e. The zero-order valence-corrected chi connectivity index (χ0v) is 19.2. The molecule has 7 heteroatoms. The number of hydrogen-bond donors (Lipinski definition) is 0. The Balaban J connectivity index is 1.62. The van der Waals surface area contributed by atoms with Crippen LogP contribution in [0.5, 0.6) is 0 Å². The van der Waals surface area contributed by atoms with E-state index in [2.05, 4.69) is 24.0 Å². The van der Waals surface area contributed by atoms with Gasteiger partial charge in [-0.2, -0.15) is 0 Å². The number of hydrogen-bond acceptors (Lipinski definition) is 5. The molecule has 0 atom stereocenters. The highest BCUT2D eigenvalue weighted by Gasteiger charge is 2.40. The van der Waals surface area contributed by atoms with Crippen LogP contribution in [0.15, 0.2) is 92.6 Å². The molecule has 4 nitrogen and oxygen atoms in total. The molecule has 160 valence electrons. The maximum absolute atomic E-state index is 13.7. The van der Waals surface area contributed by atoms with Crippen molar-refractivity contribution in [2.75, 3.05) is 16.3 Å². The molecule has 5 rings (SSSR count). The summed E-state index contributed by atoms with van der Waals surface area (Å²) in [4.78, 5) is 24.0. The predicted molar refractivity (Wildman–Crippen MR) is 132 cm³/mol. The summed E-state index contributed by atoms with van der Waals surface area (Å²) >= 11 is 2.96. The number of fused-ring (bicyclic) bond motifs is 1. The maximum atomic E-state index is 13.7. The van der Waals surface area contributed by atoms with Gasteiger partial charge in [-0.3, -0.25) is 9.69 Å². The van der Waals surface area contributed by atoms with Crippen LogP contribution in [0.2, 0.25) is 0 Å². The van der Waals surface area contributed by atoms with Crippen LogP contribution in [0, 0.1) is 12.7 Å². The van der Waals surface area contributed by atoms with Gasteiger partial charge in [0.1, 0.15) is 15.8 Å². The monoisotopic (exact) mass is 461 g/mol. The van der Waals surface area contributed by atoms with E-state index in [1.54, 1.807) is 28.8 Å². The van der Waals surface area contributed by atoms with Crippen LogP contribution in [-0.2, 0) is 4.79 Å². The molecule has 3 aromatic carbocycles. The predicted octanol–water partition coefficient (Wildman–Crippen LogP) is 6.70. The van der Waals surface area contributed by atoms with E-state index in [4.69, 9.17) is 4.99 Å². The Labute approximate surface area is 194 Å². The van der Waals surface area contributed by atoms with Crippen molar-refractivity contribution in [3.63, 3.8) is 0 Å². The Bertz CT molecular complexity index is 1250. The van der Waals surface area contributed by atoms with E-state index in [1.165, 1.54) is 23.9 Å². The van der Waals surface area contributed by atoms with Gasteiger partial charge in [-0.1, -0.05) is 41.6 Å². The third-order valence-corrected chi connectivity index (χ3v) is 7.58. The highest BCUT2D eigenvalue weighted by atomic mass is 32.2. The van der Waals surface area contributed by atoms with E-state index in [9.17, 15) is 9.18 Å². The average molecular weight is 462 g/mol. The number of carbonyl (C=O) groups excluding carboxylic acids is 1. The van der Waals surface area contributed by atoms with Gasteiger partial charge in [-0.15, -0.1) is 0 Å². The Morgan fingerprint density at radius 1 is 0.938 bits per heavy atom. The molecule has 2 heterocycles. The zero-order valence-electron chi connectivity index (χ0n) is 17.6. The molecular formula is C25H20FN3OS2. The molecule has 0 bridgehead atoms. The second-order valence-corrected chi connectivity index (χ2v) is 9.41. The van der Waals surface area contributed by atoms with Gasteiger partial charge in [0.2, 0.25) is 0 Å². The SMILES string of the molecule is CCN1/C(=C2/SC(=Nc3ccc(C)cc3)N(c3ccc(F)cc3)C2=O)Sc2ccccc21. The van der Waals surface area contributed by atoms with Gasteiger partial charge in [0.25, 0.3) is 5.91 Å². The fourth-order valence-electron chi connectivity index (χ4n) is 3.64. The standard InChI is InChI=1S/C25H20FN3OS2/c1-3-28-20-6-4-5-7-21(20)31-24(28)22-23(30)29(19-14-10-17(26)11-15-19)25(32-22)27-18-12-8-16(2)9-13-18/h4-15H,3H2,1-2H3/b24-22-,27-25?. The molecule has 0 aliphatic carbocycles. The van der Waals surface area contributed by atoms with Gasteiger partial charge < -0.3 is 4.90 Å². The van der Waals surface area contributed by atoms with Crippen molar-refractivity contribution in [1.29, 1.82) is 0 Å². The summed E-state index contributed by atoms with van der Waals surface area (Å²) in [6.45, 7) is 4.84. The van der Waals surface area contributed by atoms with Crippen molar-refractivity contribution in [3.8, 4) is 0 Å². The number of thioether (sulfide) groups is 2. The van der Waals surface area contributed by atoms with Gasteiger partial charge in [-0.25, -0.2) is 9.38 Å². The number of carbonyl (C=O) groups is 1. The second kappa shape index (κ2) is 8.48. The van der Waals surface area contributed by atoms with Crippen molar-refractivity contribution in [2.24, 2.45) is 4.99 Å². The van der Waals surface area contributed by atoms with Gasteiger partial charge >= 0.3 is 0 Å². The highest BCUT2D eigenvalue weighted by molar-refractivity contribution is 8.20. The maximum Gasteiger partial charge on any atom is 0.274 e. The van der Waals surface area contributed by atoms with Crippen LogP contribution in [-0.4, -0.2) is 17.6 Å². The molecule has 1 fully saturated rings. The minimum atomic E-state index is -0.345. The summed E-state index contributed by atoms with van der Waals surface area (Å²) in [5.41, 5.74) is 3.60. The third kappa shape index (κ3) is 3.72. The van der Waals surface area contributed by atoms with Crippen LogP contribution in [0.3, 0.4) is 0 Å². The summed E-state index contributed by atoms with van der Waals surface area (Å²) in [6.07, 6.45) is 0. The molecule has 0 aromatic heterocycles. The number of amides is 1. The lowest BCUT2D eigenvalue weighted by molar-refractivity contribution is -0.113. The van der Waals surface area contributed by atoms with Crippen molar-refractivity contribution >= 4 is 51.7 Å². The Hall–Kier alpha value is -3.03. The zero-order chi connectivity index (χ0) is 22.2. The van der Waals surface area contributed by atoms with Crippen LogP contribution < -0.4 is 9.80 Å². The molecule has 32 heavy (non-hydrogen) atoms. The Morgan fingerprint density at radius 3 is 2.38 bits per heavy atom. The number of para-hydroxylation sites is 1. The van der Waals surface area contributed by atoms with Crippen molar-refractivity contribution < 1.29 is 9.18 Å². The summed E-state index contributed by atoms with van der Waals surface area (Å²) in [5, 5.41) is 1.46. The molecule has 0 radical (unpaired) electrons. The van der Waals surface area contributed by atoms with E-state index in [0.29, 0.717) is 15.8 Å². The number of aliphatic imine (C=N–C) groups is 1. The van der Waals surface area contributed by atoms with Crippen LogP contribution in [0.4, 0.5) is 21.5 Å². The molecule has 0 saturated carbocycles. The molecule has 1 saturated heterocycles. The number of nitrogens with zero attached hydrogens (tertiary/aromatic N) is 3. The lowest BCUT2D eigenvalue weighted by Crippen LogP contribution is -2.29. The lowest BCUT2D eigenvalue weighted by Gasteiger charge is -2.19. The molecule has 0 spiro atoms. The molecule has 0 unspecified atom stereocenters. The highest BCUT2D eigenvalue weighted by Crippen LogP contribution is 2.51. The van der Waals surface area contributed by atoms with Crippen molar-refractivity contribution in [1.82, 2.24) is 0 Å². The number of amidine groups is 1. The molecule has 2 aliphatic heterocycles. The number of rotatable bonds is 3. The fourth-order valence-corrected chi connectivity index (χ4v) is 6.04. The van der Waals surface area contributed by atoms with E-state index in [-0.39, 0.29) is 11.7 Å². The quantitative estimate of drug-likeness (QED) is 0.407. The van der Waals surface area contributed by atoms with Crippen LogP contribution in [0.25, 0.3) is 0 Å². The summed E-state index contributed by atoms with van der Waals surface area (Å²) in [5.74, 6) is -0.496. The first-order valence-electron chi connectivity index (χ1n) is 10.3. The summed E-state index contributed by atoms with van der Waals surface area (Å²) in [6, 6.07) is 21.9. The third-order valence-electron chi connectivity index (χ3n) is 5.24. The number of anilines is 2. The Morgan fingerprint density at radius 2 is 1.66 bits per heavy atom. The van der Waals surface area contributed by atoms with Gasteiger partial charge in [0.15, 0.2) is 5.17 Å². The smallest absolute Gasteiger partial charge is 0.274 e. The topological polar surface area (TPSA) is 35.9 Å². The van der Waals surface area contributed by atoms with Gasteiger partial charge in [0.05, 0.1) is 17.1 Å². The molecule has 3 aromatic rings. The second-order valence-electron chi connectivity index (χ2n) is 7.40. The van der Waals surface area contributed by atoms with Crippen LogP contribution in [0.1, 0.15) is 12.5 Å². The van der Waals surface area contributed by atoms with Gasteiger partial charge in [-0.05, 0) is 74.1 Å². The Kier molecular flexibility index (Phi) is 5.53. The van der Waals surface area contributed by atoms with E-state index >= 15 is 0 Å². The van der Waals surface area contributed by atoms with Gasteiger partial charge in [0, 0.05) is 11.4 Å². The first kappa shape index (κ1) is 20.8. The number of aryl methyl sites for hydroxylation is 1. The molecule has 0 N–H and O–H groups in total. The average Bonchev–Trinajstić information content (AvgIpc) is 3.33. The van der Waals surface area contributed by atoms with Crippen molar-refractivity contribution in [3.05, 3.63) is 94.1 Å². The molecule has 2 aliphatic rings. The van der Waals surface area contributed by atoms with Crippen LogP contribution >= 0.6 is 23.5 Å². The largest absolute Gasteiger partial charge is 0.334 e. The number of halogens is 1. The first-order chi connectivity index (χ1) is 15.5. The fraction of sp³-hybridized carbons (Fsp3) is 0.120. The minimum absolute atomic E-state index is 0.152.